The first-order chi connectivity index (χ1) is 9.70. The third-order valence-electron chi connectivity index (χ3n) is 3.89. The molecule has 1 heterocycles. The first-order valence-corrected chi connectivity index (χ1v) is 7.83. The van der Waals surface area contributed by atoms with E-state index in [1.807, 2.05) is 0 Å². The average molecular weight is 276 g/mol. The molecule has 1 aromatic carbocycles. The number of hydrogen-bond donors (Lipinski definition) is 1. The SMILES string of the molecule is CCCNCc1cc(C)ccc1N(C)CC1CCCO1. The van der Waals surface area contributed by atoms with Gasteiger partial charge in [0.25, 0.3) is 0 Å². The standard InChI is InChI=1S/C17H28N2O/c1-4-9-18-12-15-11-14(2)7-8-17(15)19(3)13-16-6-5-10-20-16/h7-8,11,16,18H,4-6,9-10,12-13H2,1-3H3. The third kappa shape index (κ3) is 4.22. The Morgan fingerprint density at radius 2 is 2.25 bits per heavy atom. The van der Waals surface area contributed by atoms with Crippen molar-refractivity contribution < 1.29 is 4.74 Å². The summed E-state index contributed by atoms with van der Waals surface area (Å²) in [5, 5.41) is 3.51. The lowest BCUT2D eigenvalue weighted by atomic mass is 10.1. The van der Waals surface area contributed by atoms with Gasteiger partial charge < -0.3 is 15.0 Å². The van der Waals surface area contributed by atoms with Crippen LogP contribution in [0.3, 0.4) is 0 Å². The molecule has 1 aromatic rings. The van der Waals surface area contributed by atoms with E-state index in [9.17, 15) is 0 Å². The highest BCUT2D eigenvalue weighted by Gasteiger charge is 2.18. The predicted molar refractivity (Wildman–Crippen MR) is 85.4 cm³/mol. The van der Waals surface area contributed by atoms with Crippen LogP contribution in [0.15, 0.2) is 18.2 Å². The highest BCUT2D eigenvalue weighted by atomic mass is 16.5. The van der Waals surface area contributed by atoms with Crippen LogP contribution >= 0.6 is 0 Å². The Kier molecular flexibility index (Phi) is 5.86. The fourth-order valence-electron chi connectivity index (χ4n) is 2.82. The Hall–Kier alpha value is -1.06. The van der Waals surface area contributed by atoms with E-state index in [1.54, 1.807) is 0 Å². The van der Waals surface area contributed by atoms with E-state index in [0.29, 0.717) is 6.10 Å². The molecule has 1 fully saturated rings. The van der Waals surface area contributed by atoms with Crippen molar-refractivity contribution in [1.29, 1.82) is 0 Å². The maximum Gasteiger partial charge on any atom is 0.0750 e. The van der Waals surface area contributed by atoms with Gasteiger partial charge in [0.1, 0.15) is 0 Å². The van der Waals surface area contributed by atoms with Crippen molar-refractivity contribution in [3.05, 3.63) is 29.3 Å². The quantitative estimate of drug-likeness (QED) is 0.774. The van der Waals surface area contributed by atoms with Gasteiger partial charge in [0.05, 0.1) is 6.10 Å². The number of anilines is 1. The van der Waals surface area contributed by atoms with Crippen molar-refractivity contribution >= 4 is 5.69 Å². The van der Waals surface area contributed by atoms with Crippen LogP contribution in [0.25, 0.3) is 0 Å². The molecular formula is C17H28N2O. The molecule has 0 spiro atoms. The van der Waals surface area contributed by atoms with E-state index in [0.717, 1.165) is 26.2 Å². The molecule has 0 saturated carbocycles. The molecule has 1 N–H and O–H groups in total. The summed E-state index contributed by atoms with van der Waals surface area (Å²) >= 11 is 0. The second-order valence-electron chi connectivity index (χ2n) is 5.82. The zero-order valence-corrected chi connectivity index (χ0v) is 13.1. The molecule has 0 bridgehead atoms. The Balaban J connectivity index is 2.03. The molecular weight excluding hydrogens is 248 g/mol. The van der Waals surface area contributed by atoms with Crippen LogP contribution in [-0.2, 0) is 11.3 Å². The Morgan fingerprint density at radius 3 is 2.95 bits per heavy atom. The summed E-state index contributed by atoms with van der Waals surface area (Å²) in [6.45, 7) is 8.30. The summed E-state index contributed by atoms with van der Waals surface area (Å²) in [5.41, 5.74) is 4.04. The first-order valence-electron chi connectivity index (χ1n) is 7.83. The molecule has 1 aliphatic heterocycles. The van der Waals surface area contributed by atoms with Crippen molar-refractivity contribution in [3.63, 3.8) is 0 Å². The maximum atomic E-state index is 5.75. The molecule has 2 rings (SSSR count). The van der Waals surface area contributed by atoms with Crippen molar-refractivity contribution in [1.82, 2.24) is 5.32 Å². The Bertz CT molecular complexity index is 413. The van der Waals surface area contributed by atoms with Crippen molar-refractivity contribution in [2.24, 2.45) is 0 Å². The minimum Gasteiger partial charge on any atom is -0.376 e. The molecule has 0 aliphatic carbocycles. The van der Waals surface area contributed by atoms with Crippen LogP contribution in [0.4, 0.5) is 5.69 Å². The molecule has 0 aromatic heterocycles. The number of aryl methyl sites for hydroxylation is 1. The van der Waals surface area contributed by atoms with E-state index in [2.05, 4.69) is 49.3 Å². The Labute approximate surface area is 123 Å². The first kappa shape index (κ1) is 15.3. The summed E-state index contributed by atoms with van der Waals surface area (Å²) < 4.78 is 5.75. The molecule has 112 valence electrons. The van der Waals surface area contributed by atoms with Crippen LogP contribution in [0.5, 0.6) is 0 Å². The van der Waals surface area contributed by atoms with Crippen LogP contribution < -0.4 is 10.2 Å². The number of benzene rings is 1. The van der Waals surface area contributed by atoms with Crippen LogP contribution in [0, 0.1) is 6.92 Å². The molecule has 1 saturated heterocycles. The van der Waals surface area contributed by atoms with Crippen LogP contribution in [-0.4, -0.2) is 32.8 Å². The number of nitrogens with zero attached hydrogens (tertiary/aromatic N) is 1. The van der Waals surface area contributed by atoms with Gasteiger partial charge in [-0.15, -0.1) is 0 Å². The fraction of sp³-hybridized carbons (Fsp3) is 0.647. The van der Waals surface area contributed by atoms with E-state index >= 15 is 0 Å². The van der Waals surface area contributed by atoms with Gasteiger partial charge in [-0.05, 0) is 44.4 Å². The predicted octanol–water partition coefficient (Wildman–Crippen LogP) is 3.11. The van der Waals surface area contributed by atoms with Crippen molar-refractivity contribution in [3.8, 4) is 0 Å². The topological polar surface area (TPSA) is 24.5 Å². The maximum absolute atomic E-state index is 5.75. The molecule has 3 heteroatoms. The number of hydrogen-bond acceptors (Lipinski definition) is 3. The number of rotatable bonds is 7. The van der Waals surface area contributed by atoms with Gasteiger partial charge in [-0.1, -0.05) is 24.6 Å². The number of ether oxygens (including phenoxy) is 1. The van der Waals surface area contributed by atoms with Gasteiger partial charge in [-0.3, -0.25) is 0 Å². The fourth-order valence-corrected chi connectivity index (χ4v) is 2.82. The van der Waals surface area contributed by atoms with Crippen molar-refractivity contribution in [2.45, 2.75) is 45.8 Å². The molecule has 1 unspecified atom stereocenters. The second-order valence-corrected chi connectivity index (χ2v) is 5.82. The molecule has 3 nitrogen and oxygen atoms in total. The monoisotopic (exact) mass is 276 g/mol. The third-order valence-corrected chi connectivity index (χ3v) is 3.89. The lowest BCUT2D eigenvalue weighted by Crippen LogP contribution is -2.30. The molecule has 20 heavy (non-hydrogen) atoms. The summed E-state index contributed by atoms with van der Waals surface area (Å²) in [7, 11) is 2.18. The molecule has 0 amide bonds. The largest absolute Gasteiger partial charge is 0.376 e. The lowest BCUT2D eigenvalue weighted by molar-refractivity contribution is 0.116. The zero-order chi connectivity index (χ0) is 14.4. The van der Waals surface area contributed by atoms with E-state index < -0.39 is 0 Å². The number of likely N-dealkylation sites (N-methyl/N-ethyl adjacent to an activating group) is 1. The minimum atomic E-state index is 0.401. The van der Waals surface area contributed by atoms with Gasteiger partial charge in [0, 0.05) is 32.4 Å². The minimum absolute atomic E-state index is 0.401. The van der Waals surface area contributed by atoms with Gasteiger partial charge >= 0.3 is 0 Å². The molecule has 1 atom stereocenters. The molecule has 0 radical (unpaired) electrons. The smallest absolute Gasteiger partial charge is 0.0750 e. The summed E-state index contributed by atoms with van der Waals surface area (Å²) in [4.78, 5) is 2.35. The van der Waals surface area contributed by atoms with Crippen LogP contribution in [0.1, 0.15) is 37.3 Å². The van der Waals surface area contributed by atoms with Gasteiger partial charge in [-0.25, -0.2) is 0 Å². The van der Waals surface area contributed by atoms with Gasteiger partial charge in [-0.2, -0.15) is 0 Å². The molecule has 1 aliphatic rings. The zero-order valence-electron chi connectivity index (χ0n) is 13.1. The summed E-state index contributed by atoms with van der Waals surface area (Å²) in [6, 6.07) is 6.74. The van der Waals surface area contributed by atoms with Gasteiger partial charge in [0.15, 0.2) is 0 Å². The normalized spacial score (nSPS) is 18.4. The van der Waals surface area contributed by atoms with E-state index in [1.165, 1.54) is 36.1 Å². The highest BCUT2D eigenvalue weighted by molar-refractivity contribution is 5.54. The van der Waals surface area contributed by atoms with Crippen LogP contribution in [0.2, 0.25) is 0 Å². The second kappa shape index (κ2) is 7.65. The van der Waals surface area contributed by atoms with E-state index in [4.69, 9.17) is 4.74 Å². The Morgan fingerprint density at radius 1 is 1.40 bits per heavy atom. The average Bonchev–Trinajstić information content (AvgIpc) is 2.92. The highest BCUT2D eigenvalue weighted by Crippen LogP contribution is 2.23. The van der Waals surface area contributed by atoms with E-state index in [-0.39, 0.29) is 0 Å². The summed E-state index contributed by atoms with van der Waals surface area (Å²) in [5.74, 6) is 0. The summed E-state index contributed by atoms with van der Waals surface area (Å²) in [6.07, 6.45) is 3.97. The van der Waals surface area contributed by atoms with Gasteiger partial charge in [0.2, 0.25) is 0 Å². The van der Waals surface area contributed by atoms with Crippen molar-refractivity contribution in [2.75, 3.05) is 31.6 Å². The number of nitrogens with one attached hydrogen (secondary N) is 1. The lowest BCUT2D eigenvalue weighted by Gasteiger charge is -2.25.